The van der Waals surface area contributed by atoms with Crippen LogP contribution in [0.4, 0.5) is 0 Å². The number of unbranched alkanes of at least 4 members (excludes halogenated alkanes) is 26. The van der Waals surface area contributed by atoms with E-state index >= 15 is 0 Å². The molecule has 0 aromatic carbocycles. The Labute approximate surface area is 390 Å². The van der Waals surface area contributed by atoms with Gasteiger partial charge < -0.3 is 28.8 Å². The van der Waals surface area contributed by atoms with Crippen LogP contribution in [-0.2, 0) is 18.4 Å². The summed E-state index contributed by atoms with van der Waals surface area (Å²) in [6, 6.07) is -0.912. The van der Waals surface area contributed by atoms with Crippen molar-refractivity contribution < 1.29 is 32.9 Å². The molecule has 0 rings (SSSR count). The molecule has 0 bridgehead atoms. The maximum atomic E-state index is 12.9. The van der Waals surface area contributed by atoms with Crippen LogP contribution in [-0.4, -0.2) is 68.5 Å². The molecule has 368 valence electrons. The number of likely N-dealkylation sites (N-methyl/N-ethyl adjacent to an activating group) is 1. The van der Waals surface area contributed by atoms with Gasteiger partial charge in [0.1, 0.15) is 13.2 Å². The second kappa shape index (κ2) is 45.4. The molecule has 0 aliphatic rings. The first-order chi connectivity index (χ1) is 30.5. The first-order valence-electron chi connectivity index (χ1n) is 26.2. The molecule has 2 N–H and O–H groups in total. The van der Waals surface area contributed by atoms with E-state index in [-0.39, 0.29) is 12.5 Å². The molecule has 0 heterocycles. The standard InChI is InChI=1S/C54H101N2O6P/c1-6-8-10-12-14-16-18-20-22-23-24-25-26-27-28-29-30-31-32-33-34-36-38-40-42-44-46-48-54(58)55-52(51-62-63(59,60)61-50-49-56(3,4)5)53(57)47-45-43-41-39-37-35-21-19-17-15-13-11-9-7-2/h17,19,24-25,27-28,37,39,45,47,52-53,57H,6-16,18,20-23,26,29-36,38,40-44,46,48-51H2,1-5H3,(H-,55,58,59,60)/b19-17+,25-24-,28-27-,39-37+,47-45+. The summed E-state index contributed by atoms with van der Waals surface area (Å²) in [6.07, 6.45) is 60.0. The lowest BCUT2D eigenvalue weighted by Crippen LogP contribution is -2.45. The zero-order valence-corrected chi connectivity index (χ0v) is 42.7. The van der Waals surface area contributed by atoms with E-state index in [1.165, 1.54) is 148 Å². The molecule has 0 radical (unpaired) electrons. The molecule has 8 nitrogen and oxygen atoms in total. The molecule has 63 heavy (non-hydrogen) atoms. The van der Waals surface area contributed by atoms with Crippen LogP contribution in [0.1, 0.15) is 226 Å². The van der Waals surface area contributed by atoms with Crippen molar-refractivity contribution in [2.75, 3.05) is 40.9 Å². The molecule has 0 aliphatic carbocycles. The number of carbonyl (C=O) groups excluding carboxylic acids is 1. The van der Waals surface area contributed by atoms with Gasteiger partial charge in [0.05, 0.1) is 39.9 Å². The Hall–Kier alpha value is -1.80. The molecule has 0 saturated heterocycles. The van der Waals surface area contributed by atoms with Crippen molar-refractivity contribution in [1.29, 1.82) is 0 Å². The van der Waals surface area contributed by atoms with Crippen molar-refractivity contribution >= 4 is 13.7 Å². The van der Waals surface area contributed by atoms with Crippen LogP contribution in [0, 0.1) is 0 Å². The quantitative estimate of drug-likeness (QED) is 0.0273. The van der Waals surface area contributed by atoms with Crippen molar-refractivity contribution in [3.05, 3.63) is 60.8 Å². The number of carbonyl (C=O) groups is 1. The highest BCUT2D eigenvalue weighted by atomic mass is 31.2. The number of hydrogen-bond acceptors (Lipinski definition) is 6. The van der Waals surface area contributed by atoms with Gasteiger partial charge in [-0.1, -0.05) is 203 Å². The summed E-state index contributed by atoms with van der Waals surface area (Å²) in [5.74, 6) is -0.215. The van der Waals surface area contributed by atoms with Crippen molar-refractivity contribution in [3.8, 4) is 0 Å². The van der Waals surface area contributed by atoms with Crippen molar-refractivity contribution in [1.82, 2.24) is 5.32 Å². The van der Waals surface area contributed by atoms with Crippen molar-refractivity contribution in [2.24, 2.45) is 0 Å². The molecule has 0 aromatic rings. The monoisotopic (exact) mass is 905 g/mol. The largest absolute Gasteiger partial charge is 0.756 e. The van der Waals surface area contributed by atoms with Crippen LogP contribution >= 0.6 is 7.82 Å². The Bertz CT molecular complexity index is 1210. The number of nitrogens with zero attached hydrogens (tertiary/aromatic N) is 1. The van der Waals surface area contributed by atoms with Crippen LogP contribution in [0.3, 0.4) is 0 Å². The summed E-state index contributed by atoms with van der Waals surface area (Å²) < 4.78 is 23.2. The van der Waals surface area contributed by atoms with Crippen LogP contribution in [0.2, 0.25) is 0 Å². The smallest absolute Gasteiger partial charge is 0.268 e. The Balaban J connectivity index is 4.24. The van der Waals surface area contributed by atoms with Crippen molar-refractivity contribution in [2.45, 2.75) is 238 Å². The molecule has 9 heteroatoms. The van der Waals surface area contributed by atoms with E-state index in [1.807, 2.05) is 27.2 Å². The number of aliphatic hydroxyl groups excluding tert-OH is 1. The number of phosphoric acid groups is 1. The van der Waals surface area contributed by atoms with Gasteiger partial charge in [0.25, 0.3) is 7.82 Å². The predicted molar refractivity (Wildman–Crippen MR) is 270 cm³/mol. The van der Waals surface area contributed by atoms with E-state index in [1.54, 1.807) is 6.08 Å². The van der Waals surface area contributed by atoms with Crippen molar-refractivity contribution in [3.63, 3.8) is 0 Å². The maximum absolute atomic E-state index is 12.9. The zero-order chi connectivity index (χ0) is 46.4. The summed E-state index contributed by atoms with van der Waals surface area (Å²) in [6.45, 7) is 4.59. The van der Waals surface area contributed by atoms with Crippen LogP contribution in [0.25, 0.3) is 0 Å². The Morgan fingerprint density at radius 2 is 0.937 bits per heavy atom. The third-order valence-corrected chi connectivity index (χ3v) is 12.4. The SMILES string of the molecule is CCCCCC/C=C/CC/C=C/CC/C=C/C(O)C(COP(=O)([O-])OCC[N+](C)(C)C)NC(=O)CCCCCCCCCCCCC/C=C\C/C=C\CCCCCCCCCCC. The second-order valence-electron chi connectivity index (χ2n) is 18.9. The topological polar surface area (TPSA) is 108 Å². The highest BCUT2D eigenvalue weighted by Gasteiger charge is 2.23. The molecule has 1 amide bonds. The summed E-state index contributed by atoms with van der Waals surface area (Å²) in [7, 11) is 1.23. The molecule has 0 aliphatic heterocycles. The lowest BCUT2D eigenvalue weighted by molar-refractivity contribution is -0.870. The van der Waals surface area contributed by atoms with E-state index in [0.717, 1.165) is 57.8 Å². The fraction of sp³-hybridized carbons (Fsp3) is 0.796. The highest BCUT2D eigenvalue weighted by molar-refractivity contribution is 7.45. The van der Waals surface area contributed by atoms with E-state index in [9.17, 15) is 19.4 Å². The Morgan fingerprint density at radius 3 is 1.40 bits per heavy atom. The average molecular weight is 905 g/mol. The number of rotatable bonds is 47. The molecule has 0 saturated carbocycles. The van der Waals surface area contributed by atoms with E-state index in [4.69, 9.17) is 9.05 Å². The third-order valence-electron chi connectivity index (χ3n) is 11.4. The van der Waals surface area contributed by atoms with Crippen LogP contribution in [0.5, 0.6) is 0 Å². The van der Waals surface area contributed by atoms with E-state index in [2.05, 4.69) is 67.8 Å². The number of aliphatic hydroxyl groups is 1. The minimum Gasteiger partial charge on any atom is -0.756 e. The third kappa shape index (κ3) is 48.0. The zero-order valence-electron chi connectivity index (χ0n) is 41.8. The van der Waals surface area contributed by atoms with Gasteiger partial charge >= 0.3 is 0 Å². The number of quaternary nitrogens is 1. The average Bonchev–Trinajstić information content (AvgIpc) is 3.24. The van der Waals surface area contributed by atoms with Gasteiger partial charge in [0.2, 0.25) is 5.91 Å². The number of phosphoric ester groups is 1. The summed E-state index contributed by atoms with van der Waals surface area (Å²) in [4.78, 5) is 25.4. The molecular weight excluding hydrogens is 804 g/mol. The van der Waals surface area contributed by atoms with Gasteiger partial charge in [-0.25, -0.2) is 0 Å². The lowest BCUT2D eigenvalue weighted by atomic mass is 10.0. The summed E-state index contributed by atoms with van der Waals surface area (Å²) in [5, 5.41) is 13.8. The van der Waals surface area contributed by atoms with E-state index in [0.29, 0.717) is 17.4 Å². The minimum absolute atomic E-state index is 0.0112. The Morgan fingerprint density at radius 1 is 0.556 bits per heavy atom. The maximum Gasteiger partial charge on any atom is 0.268 e. The molecule has 3 atom stereocenters. The molecular formula is C54H101N2O6P. The molecule has 3 unspecified atom stereocenters. The van der Waals surface area contributed by atoms with Gasteiger partial charge in [-0.15, -0.1) is 0 Å². The minimum atomic E-state index is -4.60. The van der Waals surface area contributed by atoms with Gasteiger partial charge in [0.15, 0.2) is 0 Å². The summed E-state index contributed by atoms with van der Waals surface area (Å²) >= 11 is 0. The van der Waals surface area contributed by atoms with Gasteiger partial charge in [-0.05, 0) is 77.0 Å². The molecule has 0 fully saturated rings. The first-order valence-corrected chi connectivity index (χ1v) is 27.6. The summed E-state index contributed by atoms with van der Waals surface area (Å²) in [5.41, 5.74) is 0. The number of nitrogens with one attached hydrogen (secondary N) is 1. The lowest BCUT2D eigenvalue weighted by Gasteiger charge is -2.29. The number of allylic oxidation sites excluding steroid dienone is 9. The van der Waals surface area contributed by atoms with Gasteiger partial charge in [-0.2, -0.15) is 0 Å². The van der Waals surface area contributed by atoms with Crippen LogP contribution in [0.15, 0.2) is 60.8 Å². The van der Waals surface area contributed by atoms with E-state index < -0.39 is 26.6 Å². The number of amides is 1. The van der Waals surface area contributed by atoms with Crippen LogP contribution < -0.4 is 10.2 Å². The fourth-order valence-electron chi connectivity index (χ4n) is 7.27. The fourth-order valence-corrected chi connectivity index (χ4v) is 8.00. The van der Waals surface area contributed by atoms with Gasteiger partial charge in [0, 0.05) is 6.42 Å². The normalized spacial score (nSPS) is 14.6. The first kappa shape index (κ1) is 61.2. The second-order valence-corrected chi connectivity index (χ2v) is 20.3. The Kier molecular flexibility index (Phi) is 44.1. The van der Waals surface area contributed by atoms with Gasteiger partial charge in [-0.3, -0.25) is 9.36 Å². The molecule has 0 spiro atoms. The highest BCUT2D eigenvalue weighted by Crippen LogP contribution is 2.38. The predicted octanol–water partition coefficient (Wildman–Crippen LogP) is 14.7. The molecule has 0 aromatic heterocycles. The number of hydrogen-bond donors (Lipinski definition) is 2.